The van der Waals surface area contributed by atoms with Gasteiger partial charge in [0.15, 0.2) is 0 Å². The Kier molecular flexibility index (Phi) is 4.78. The van der Waals surface area contributed by atoms with E-state index in [9.17, 15) is 8.42 Å². The summed E-state index contributed by atoms with van der Waals surface area (Å²) in [5, 5.41) is 0.542. The number of hydrogen-bond donors (Lipinski definition) is 1. The van der Waals surface area contributed by atoms with E-state index in [1.165, 1.54) is 12.8 Å². The van der Waals surface area contributed by atoms with E-state index in [0.717, 1.165) is 31.3 Å². The first kappa shape index (κ1) is 16.2. The summed E-state index contributed by atoms with van der Waals surface area (Å²) in [5.74, 6) is 1.55. The van der Waals surface area contributed by atoms with E-state index in [0.29, 0.717) is 17.6 Å². The topological polar surface area (TPSA) is 49.4 Å². The van der Waals surface area contributed by atoms with Crippen LogP contribution in [0, 0.1) is 11.8 Å². The van der Waals surface area contributed by atoms with Gasteiger partial charge in [-0.3, -0.25) is 4.90 Å². The van der Waals surface area contributed by atoms with Gasteiger partial charge in [-0.15, -0.1) is 0 Å². The minimum absolute atomic E-state index is 0.277. The van der Waals surface area contributed by atoms with Crippen molar-refractivity contribution in [2.24, 2.45) is 11.8 Å². The summed E-state index contributed by atoms with van der Waals surface area (Å²) < 4.78 is 27.4. The SMILES string of the molecule is CCC1CN2CCC1CC2CNS(=O)(=O)c1ccc(Cl)cc1. The summed E-state index contributed by atoms with van der Waals surface area (Å²) in [7, 11) is -3.45. The van der Waals surface area contributed by atoms with E-state index in [2.05, 4.69) is 16.5 Å². The molecule has 0 spiro atoms. The average molecular weight is 343 g/mol. The maximum absolute atomic E-state index is 12.3. The van der Waals surface area contributed by atoms with Crippen molar-refractivity contribution in [3.63, 3.8) is 0 Å². The van der Waals surface area contributed by atoms with Crippen molar-refractivity contribution in [3.05, 3.63) is 29.3 Å². The standard InChI is InChI=1S/C16H23ClN2O2S/c1-2-12-11-19-8-7-13(12)9-15(19)10-18-22(20,21)16-5-3-14(17)4-6-16/h3-6,12-13,15,18H,2,7-11H2,1H3. The third-order valence-electron chi connectivity index (χ3n) is 5.17. The molecular formula is C16H23ClN2O2S. The van der Waals surface area contributed by atoms with E-state index >= 15 is 0 Å². The van der Waals surface area contributed by atoms with E-state index < -0.39 is 10.0 Å². The molecular weight excluding hydrogens is 320 g/mol. The Labute approximate surface area is 137 Å². The zero-order valence-electron chi connectivity index (χ0n) is 12.8. The van der Waals surface area contributed by atoms with Gasteiger partial charge in [-0.25, -0.2) is 13.1 Å². The van der Waals surface area contributed by atoms with E-state index in [1.807, 2.05) is 0 Å². The molecule has 3 aliphatic heterocycles. The van der Waals surface area contributed by atoms with Crippen molar-refractivity contribution in [3.8, 4) is 0 Å². The maximum atomic E-state index is 12.3. The molecule has 0 saturated carbocycles. The van der Waals surface area contributed by atoms with Gasteiger partial charge in [-0.05, 0) is 55.5 Å². The summed E-state index contributed by atoms with van der Waals surface area (Å²) in [6.07, 6.45) is 3.60. The zero-order valence-corrected chi connectivity index (χ0v) is 14.4. The number of rotatable bonds is 5. The predicted molar refractivity (Wildman–Crippen MR) is 88.5 cm³/mol. The van der Waals surface area contributed by atoms with Crippen LogP contribution in [-0.2, 0) is 10.0 Å². The van der Waals surface area contributed by atoms with E-state index in [-0.39, 0.29) is 4.90 Å². The lowest BCUT2D eigenvalue weighted by atomic mass is 9.74. The van der Waals surface area contributed by atoms with Crippen molar-refractivity contribution in [1.29, 1.82) is 0 Å². The van der Waals surface area contributed by atoms with Crippen molar-refractivity contribution in [2.75, 3.05) is 19.6 Å². The number of benzene rings is 1. The molecule has 0 radical (unpaired) electrons. The molecule has 0 amide bonds. The quantitative estimate of drug-likeness (QED) is 0.895. The van der Waals surface area contributed by atoms with Gasteiger partial charge in [0.05, 0.1) is 4.90 Å². The van der Waals surface area contributed by atoms with E-state index in [4.69, 9.17) is 11.6 Å². The molecule has 4 rings (SSSR count). The lowest BCUT2D eigenvalue weighted by Crippen LogP contribution is -2.56. The first-order chi connectivity index (χ1) is 10.5. The molecule has 4 atom stereocenters. The molecule has 4 unspecified atom stereocenters. The highest BCUT2D eigenvalue weighted by atomic mass is 35.5. The first-order valence-electron chi connectivity index (χ1n) is 7.99. The average Bonchev–Trinajstić information content (AvgIpc) is 2.54. The summed E-state index contributed by atoms with van der Waals surface area (Å²) in [5.41, 5.74) is 0. The molecule has 22 heavy (non-hydrogen) atoms. The molecule has 3 heterocycles. The Morgan fingerprint density at radius 2 is 2.05 bits per heavy atom. The minimum atomic E-state index is -3.45. The molecule has 122 valence electrons. The highest BCUT2D eigenvalue weighted by Crippen LogP contribution is 2.37. The van der Waals surface area contributed by atoms with Crippen molar-refractivity contribution in [1.82, 2.24) is 9.62 Å². The highest BCUT2D eigenvalue weighted by Gasteiger charge is 2.39. The van der Waals surface area contributed by atoms with Gasteiger partial charge in [0, 0.05) is 24.2 Å². The smallest absolute Gasteiger partial charge is 0.240 e. The Morgan fingerprint density at radius 1 is 1.32 bits per heavy atom. The van der Waals surface area contributed by atoms with E-state index in [1.54, 1.807) is 24.3 Å². The predicted octanol–water partition coefficient (Wildman–Crippen LogP) is 2.74. The molecule has 3 saturated heterocycles. The Morgan fingerprint density at radius 3 is 2.64 bits per heavy atom. The molecule has 3 aliphatic rings. The largest absolute Gasteiger partial charge is 0.299 e. The fourth-order valence-corrected chi connectivity index (χ4v) is 5.03. The van der Waals surface area contributed by atoms with Crippen LogP contribution in [0.3, 0.4) is 0 Å². The summed E-state index contributed by atoms with van der Waals surface area (Å²) >= 11 is 5.81. The Hall–Kier alpha value is -0.620. The van der Waals surface area contributed by atoms with Crippen LogP contribution in [0.15, 0.2) is 29.2 Å². The third-order valence-corrected chi connectivity index (χ3v) is 6.86. The zero-order chi connectivity index (χ0) is 15.7. The van der Waals surface area contributed by atoms with Crippen LogP contribution in [-0.4, -0.2) is 39.0 Å². The Bertz CT molecular complexity index is 618. The third kappa shape index (κ3) is 3.32. The second-order valence-corrected chi connectivity index (χ2v) is 8.61. The summed E-state index contributed by atoms with van der Waals surface area (Å²) in [4.78, 5) is 2.73. The molecule has 0 aliphatic carbocycles. The maximum Gasteiger partial charge on any atom is 0.240 e. The fraction of sp³-hybridized carbons (Fsp3) is 0.625. The molecule has 3 fully saturated rings. The molecule has 1 aromatic rings. The number of nitrogens with zero attached hydrogens (tertiary/aromatic N) is 1. The number of halogens is 1. The number of hydrogen-bond acceptors (Lipinski definition) is 3. The van der Waals surface area contributed by atoms with Crippen LogP contribution in [0.1, 0.15) is 26.2 Å². The number of nitrogens with one attached hydrogen (secondary N) is 1. The molecule has 2 bridgehead atoms. The Balaban J connectivity index is 1.62. The molecule has 0 aromatic heterocycles. The van der Waals surface area contributed by atoms with Gasteiger partial charge in [0.2, 0.25) is 10.0 Å². The summed E-state index contributed by atoms with van der Waals surface area (Å²) in [6, 6.07) is 6.64. The van der Waals surface area contributed by atoms with Crippen LogP contribution < -0.4 is 4.72 Å². The van der Waals surface area contributed by atoms with Gasteiger partial charge in [-0.2, -0.15) is 0 Å². The van der Waals surface area contributed by atoms with Gasteiger partial charge in [0.1, 0.15) is 0 Å². The van der Waals surface area contributed by atoms with Crippen LogP contribution in [0.5, 0.6) is 0 Å². The van der Waals surface area contributed by atoms with Crippen molar-refractivity contribution >= 4 is 21.6 Å². The van der Waals surface area contributed by atoms with Gasteiger partial charge in [0.25, 0.3) is 0 Å². The van der Waals surface area contributed by atoms with Crippen LogP contribution in [0.4, 0.5) is 0 Å². The molecule has 1 aromatic carbocycles. The van der Waals surface area contributed by atoms with Crippen LogP contribution >= 0.6 is 11.6 Å². The monoisotopic (exact) mass is 342 g/mol. The highest BCUT2D eigenvalue weighted by molar-refractivity contribution is 7.89. The van der Waals surface area contributed by atoms with Crippen molar-refractivity contribution < 1.29 is 8.42 Å². The fourth-order valence-electron chi connectivity index (χ4n) is 3.83. The van der Waals surface area contributed by atoms with Gasteiger partial charge >= 0.3 is 0 Å². The second-order valence-electron chi connectivity index (χ2n) is 6.41. The van der Waals surface area contributed by atoms with Crippen LogP contribution in [0.2, 0.25) is 5.02 Å². The molecule has 4 nitrogen and oxygen atoms in total. The normalized spacial score (nSPS) is 31.4. The minimum Gasteiger partial charge on any atom is -0.299 e. The van der Waals surface area contributed by atoms with Crippen molar-refractivity contribution in [2.45, 2.75) is 37.1 Å². The number of sulfonamides is 1. The first-order valence-corrected chi connectivity index (χ1v) is 9.85. The molecule has 6 heteroatoms. The lowest BCUT2D eigenvalue weighted by molar-refractivity contribution is 0.00236. The van der Waals surface area contributed by atoms with Gasteiger partial charge in [-0.1, -0.05) is 24.9 Å². The number of fused-ring (bicyclic) bond motifs is 3. The van der Waals surface area contributed by atoms with Crippen LogP contribution in [0.25, 0.3) is 0 Å². The van der Waals surface area contributed by atoms with Gasteiger partial charge < -0.3 is 0 Å². The number of piperidine rings is 3. The lowest BCUT2D eigenvalue weighted by Gasteiger charge is -2.49. The second kappa shape index (κ2) is 6.48. The summed E-state index contributed by atoms with van der Waals surface area (Å²) in [6.45, 7) is 4.98. The molecule has 1 N–H and O–H groups in total.